The summed E-state index contributed by atoms with van der Waals surface area (Å²) in [6, 6.07) is 0.664. The van der Waals surface area contributed by atoms with Crippen molar-refractivity contribution in [2.24, 2.45) is 0 Å². The first kappa shape index (κ1) is 14.1. The molecule has 2 heterocycles. The van der Waals surface area contributed by atoms with Gasteiger partial charge in [-0.15, -0.1) is 0 Å². The van der Waals surface area contributed by atoms with Gasteiger partial charge in [-0.05, 0) is 12.8 Å². The lowest BCUT2D eigenvalue weighted by molar-refractivity contribution is -0.179. The zero-order valence-electron chi connectivity index (χ0n) is 11.7. The summed E-state index contributed by atoms with van der Waals surface area (Å²) < 4.78 is 11.5. The first-order valence-electron chi connectivity index (χ1n) is 7.68. The normalized spacial score (nSPS) is 29.1. The molecule has 0 aromatic rings. The fourth-order valence-corrected chi connectivity index (χ4v) is 4.28. The second-order valence-electron chi connectivity index (χ2n) is 5.79. The standard InChI is InChI=1S/C14H26N2O2S/c1-3-14(17-9-10-18-14)4-2-13(1)15-5-6-16-7-11-19-12-8-16/h13,15H,1-12H2. The van der Waals surface area contributed by atoms with Crippen molar-refractivity contribution in [3.8, 4) is 0 Å². The lowest BCUT2D eigenvalue weighted by Crippen LogP contribution is -2.45. The lowest BCUT2D eigenvalue weighted by Gasteiger charge is -2.36. The summed E-state index contributed by atoms with van der Waals surface area (Å²) in [5.41, 5.74) is 0. The summed E-state index contributed by atoms with van der Waals surface area (Å²) in [7, 11) is 0. The average molecular weight is 286 g/mol. The van der Waals surface area contributed by atoms with Gasteiger partial charge in [0.25, 0.3) is 0 Å². The highest BCUT2D eigenvalue weighted by atomic mass is 32.2. The zero-order valence-corrected chi connectivity index (χ0v) is 12.6. The van der Waals surface area contributed by atoms with Crippen LogP contribution in [0.15, 0.2) is 0 Å². The maximum atomic E-state index is 5.77. The number of ether oxygens (including phenoxy) is 2. The van der Waals surface area contributed by atoms with Gasteiger partial charge in [-0.1, -0.05) is 0 Å². The van der Waals surface area contributed by atoms with Crippen LogP contribution < -0.4 is 5.32 Å². The lowest BCUT2D eigenvalue weighted by atomic mass is 9.90. The molecule has 2 saturated heterocycles. The molecule has 3 fully saturated rings. The third-order valence-electron chi connectivity index (χ3n) is 4.53. The van der Waals surface area contributed by atoms with Crippen LogP contribution in [-0.2, 0) is 9.47 Å². The van der Waals surface area contributed by atoms with Gasteiger partial charge >= 0.3 is 0 Å². The van der Waals surface area contributed by atoms with Crippen LogP contribution in [0.3, 0.4) is 0 Å². The summed E-state index contributed by atoms with van der Waals surface area (Å²) in [4.78, 5) is 2.58. The summed E-state index contributed by atoms with van der Waals surface area (Å²) in [6.45, 7) is 6.43. The minimum Gasteiger partial charge on any atom is -0.348 e. The molecule has 0 bridgehead atoms. The van der Waals surface area contributed by atoms with E-state index in [0.717, 1.165) is 32.6 Å². The Labute approximate surface area is 120 Å². The molecule has 1 aliphatic carbocycles. The molecule has 5 heteroatoms. The van der Waals surface area contributed by atoms with E-state index in [1.165, 1.54) is 44.0 Å². The van der Waals surface area contributed by atoms with Gasteiger partial charge in [-0.2, -0.15) is 11.8 Å². The van der Waals surface area contributed by atoms with Gasteiger partial charge in [0.05, 0.1) is 13.2 Å². The van der Waals surface area contributed by atoms with E-state index in [2.05, 4.69) is 22.0 Å². The number of hydrogen-bond donors (Lipinski definition) is 1. The van der Waals surface area contributed by atoms with Crippen LogP contribution in [0.2, 0.25) is 0 Å². The molecule has 1 N–H and O–H groups in total. The van der Waals surface area contributed by atoms with Crippen molar-refractivity contribution in [3.63, 3.8) is 0 Å². The van der Waals surface area contributed by atoms with E-state index in [0.29, 0.717) is 6.04 Å². The highest BCUT2D eigenvalue weighted by Gasteiger charge is 2.40. The SMILES string of the molecule is C(CN1CCSCC1)NC1CCC2(CC1)OCCO2. The molecular formula is C14H26N2O2S. The molecule has 4 nitrogen and oxygen atoms in total. The summed E-state index contributed by atoms with van der Waals surface area (Å²) in [5, 5.41) is 3.72. The van der Waals surface area contributed by atoms with Gasteiger partial charge in [-0.25, -0.2) is 0 Å². The molecule has 0 unspecified atom stereocenters. The predicted octanol–water partition coefficient (Wildman–Crippen LogP) is 1.31. The second-order valence-corrected chi connectivity index (χ2v) is 7.01. The third-order valence-corrected chi connectivity index (χ3v) is 5.47. The van der Waals surface area contributed by atoms with Crippen molar-refractivity contribution in [1.82, 2.24) is 10.2 Å². The molecule has 1 saturated carbocycles. The highest BCUT2D eigenvalue weighted by Crippen LogP contribution is 2.35. The molecule has 1 spiro atoms. The molecule has 2 aliphatic heterocycles. The Bertz CT molecular complexity index is 269. The maximum absolute atomic E-state index is 5.77. The number of nitrogens with one attached hydrogen (secondary N) is 1. The minimum absolute atomic E-state index is 0.206. The van der Waals surface area contributed by atoms with Crippen molar-refractivity contribution in [2.45, 2.75) is 37.5 Å². The monoisotopic (exact) mass is 286 g/mol. The molecule has 3 aliphatic rings. The van der Waals surface area contributed by atoms with E-state index in [4.69, 9.17) is 9.47 Å². The smallest absolute Gasteiger partial charge is 0.168 e. The minimum atomic E-state index is -0.206. The van der Waals surface area contributed by atoms with Gasteiger partial charge < -0.3 is 19.7 Å². The Morgan fingerprint density at radius 3 is 2.47 bits per heavy atom. The quantitative estimate of drug-likeness (QED) is 0.843. The number of hydrogen-bond acceptors (Lipinski definition) is 5. The third kappa shape index (κ3) is 3.85. The van der Waals surface area contributed by atoms with Crippen molar-refractivity contribution in [3.05, 3.63) is 0 Å². The fourth-order valence-electron chi connectivity index (χ4n) is 3.30. The van der Waals surface area contributed by atoms with Crippen molar-refractivity contribution in [2.75, 3.05) is 50.9 Å². The van der Waals surface area contributed by atoms with E-state index in [9.17, 15) is 0 Å². The molecule has 0 aromatic carbocycles. The largest absolute Gasteiger partial charge is 0.348 e. The molecule has 0 atom stereocenters. The van der Waals surface area contributed by atoms with Crippen molar-refractivity contribution >= 4 is 11.8 Å². The number of rotatable bonds is 4. The molecule has 0 amide bonds. The predicted molar refractivity (Wildman–Crippen MR) is 78.7 cm³/mol. The Kier molecular flexibility index (Phi) is 5.03. The topological polar surface area (TPSA) is 33.7 Å². The molecule has 0 radical (unpaired) electrons. The van der Waals surface area contributed by atoms with Gasteiger partial charge in [0.2, 0.25) is 0 Å². The molecule has 3 rings (SSSR count). The zero-order chi connectivity index (χ0) is 13.0. The van der Waals surface area contributed by atoms with E-state index in [1.807, 2.05) is 0 Å². The van der Waals surface area contributed by atoms with E-state index in [-0.39, 0.29) is 5.79 Å². The Morgan fingerprint density at radius 2 is 1.79 bits per heavy atom. The average Bonchev–Trinajstić information content (AvgIpc) is 2.91. The maximum Gasteiger partial charge on any atom is 0.168 e. The second kappa shape index (κ2) is 6.76. The summed E-state index contributed by atoms with van der Waals surface area (Å²) in [6.07, 6.45) is 4.50. The van der Waals surface area contributed by atoms with Crippen LogP contribution in [0, 0.1) is 0 Å². The van der Waals surface area contributed by atoms with Crippen molar-refractivity contribution in [1.29, 1.82) is 0 Å². The first-order chi connectivity index (χ1) is 9.36. The number of thioether (sulfide) groups is 1. The molecule has 0 aromatic heterocycles. The van der Waals surface area contributed by atoms with E-state index < -0.39 is 0 Å². The van der Waals surface area contributed by atoms with Crippen LogP contribution in [0.25, 0.3) is 0 Å². The van der Waals surface area contributed by atoms with Crippen LogP contribution in [-0.4, -0.2) is 67.6 Å². The van der Waals surface area contributed by atoms with Crippen LogP contribution >= 0.6 is 11.8 Å². The summed E-state index contributed by atoms with van der Waals surface area (Å²) in [5.74, 6) is 2.41. The first-order valence-corrected chi connectivity index (χ1v) is 8.83. The van der Waals surface area contributed by atoms with Gasteiger partial charge in [0, 0.05) is 56.6 Å². The highest BCUT2D eigenvalue weighted by molar-refractivity contribution is 7.99. The van der Waals surface area contributed by atoms with Crippen molar-refractivity contribution < 1.29 is 9.47 Å². The van der Waals surface area contributed by atoms with Crippen LogP contribution in [0.4, 0.5) is 0 Å². The molecular weight excluding hydrogens is 260 g/mol. The molecule has 110 valence electrons. The van der Waals surface area contributed by atoms with Gasteiger partial charge in [0.15, 0.2) is 5.79 Å². The van der Waals surface area contributed by atoms with Crippen LogP contribution in [0.5, 0.6) is 0 Å². The number of nitrogens with zero attached hydrogens (tertiary/aromatic N) is 1. The van der Waals surface area contributed by atoms with E-state index >= 15 is 0 Å². The fraction of sp³-hybridized carbons (Fsp3) is 1.00. The molecule has 19 heavy (non-hydrogen) atoms. The van der Waals surface area contributed by atoms with Gasteiger partial charge in [0.1, 0.15) is 0 Å². The summed E-state index contributed by atoms with van der Waals surface area (Å²) >= 11 is 2.08. The van der Waals surface area contributed by atoms with Gasteiger partial charge in [-0.3, -0.25) is 0 Å². The Balaban J connectivity index is 1.31. The Hall–Kier alpha value is 0.190. The van der Waals surface area contributed by atoms with E-state index in [1.54, 1.807) is 0 Å². The Morgan fingerprint density at radius 1 is 1.11 bits per heavy atom. The van der Waals surface area contributed by atoms with Crippen LogP contribution in [0.1, 0.15) is 25.7 Å².